The maximum Gasteiger partial charge on any atom is 0.233 e. The normalized spacial score (nSPS) is 11.4. The van der Waals surface area contributed by atoms with Crippen molar-refractivity contribution in [3.8, 4) is 5.75 Å². The van der Waals surface area contributed by atoms with Gasteiger partial charge in [0.2, 0.25) is 10.0 Å². The van der Waals surface area contributed by atoms with Crippen molar-refractivity contribution in [2.24, 2.45) is 0 Å². The summed E-state index contributed by atoms with van der Waals surface area (Å²) >= 11 is 0. The number of aliphatic hydroxyl groups is 1. The number of ether oxygens (including phenoxy) is 1. The summed E-state index contributed by atoms with van der Waals surface area (Å²) in [7, 11) is -1.98. The fraction of sp³-hybridized carbons (Fsp3) is 0.300. The minimum Gasteiger partial charge on any atom is -0.495 e. The number of fused-ring (bicyclic) bond motifs is 1. The van der Waals surface area contributed by atoms with Gasteiger partial charge in [-0.2, -0.15) is 0 Å². The Balaban J connectivity index is 2.02. The van der Waals surface area contributed by atoms with Crippen LogP contribution in [0.3, 0.4) is 0 Å². The molecule has 0 aliphatic rings. The van der Waals surface area contributed by atoms with Crippen molar-refractivity contribution in [3.63, 3.8) is 0 Å². The Morgan fingerprint density at radius 2 is 1.76 bits per heavy atom. The average molecular weight is 417 g/mol. The van der Waals surface area contributed by atoms with Crippen LogP contribution in [-0.2, 0) is 16.4 Å². The van der Waals surface area contributed by atoms with E-state index in [0.29, 0.717) is 28.9 Å². The number of aliphatic hydroxyl groups excluding tert-OH is 1. The predicted molar refractivity (Wildman–Crippen MR) is 114 cm³/mol. The number of aryl methyl sites for hydroxylation is 1. The lowest BCUT2D eigenvalue weighted by molar-refractivity contribution is 0.288. The van der Waals surface area contributed by atoms with E-state index >= 15 is 0 Å². The maximum absolute atomic E-state index is 12.1. The fourth-order valence-electron chi connectivity index (χ4n) is 2.78. The third-order valence-corrected chi connectivity index (χ3v) is 5.61. The van der Waals surface area contributed by atoms with Gasteiger partial charge in [-0.3, -0.25) is 4.72 Å². The van der Waals surface area contributed by atoms with Crippen LogP contribution in [0.1, 0.15) is 18.9 Å². The highest BCUT2D eigenvalue weighted by Crippen LogP contribution is 2.32. The maximum atomic E-state index is 12.1. The van der Waals surface area contributed by atoms with Gasteiger partial charge in [0.25, 0.3) is 0 Å². The SMILES string of the molecule is CCS(=O)(=O)Nc1nc2ccccc2nc1Nc1ccc(CCCO)cc1OC. The average Bonchev–Trinajstić information content (AvgIpc) is 2.73. The summed E-state index contributed by atoms with van der Waals surface area (Å²) in [5.41, 5.74) is 2.87. The molecule has 0 aliphatic heterocycles. The second kappa shape index (κ2) is 9.06. The first kappa shape index (κ1) is 20.8. The monoisotopic (exact) mass is 416 g/mol. The number of hydrogen-bond acceptors (Lipinski definition) is 7. The summed E-state index contributed by atoms with van der Waals surface area (Å²) in [4.78, 5) is 8.98. The van der Waals surface area contributed by atoms with E-state index in [4.69, 9.17) is 9.84 Å². The van der Waals surface area contributed by atoms with Crippen molar-refractivity contribution in [1.82, 2.24) is 9.97 Å². The molecule has 3 rings (SSSR count). The number of sulfonamides is 1. The first-order valence-electron chi connectivity index (χ1n) is 9.28. The van der Waals surface area contributed by atoms with Crippen LogP contribution >= 0.6 is 0 Å². The summed E-state index contributed by atoms with van der Waals surface area (Å²) < 4.78 is 32.2. The molecule has 0 fully saturated rings. The molecule has 29 heavy (non-hydrogen) atoms. The van der Waals surface area contributed by atoms with Gasteiger partial charge in [-0.25, -0.2) is 18.4 Å². The van der Waals surface area contributed by atoms with Crippen LogP contribution in [0.4, 0.5) is 17.3 Å². The Labute approximate surface area is 170 Å². The molecule has 0 saturated heterocycles. The molecule has 2 aromatic carbocycles. The van der Waals surface area contributed by atoms with Gasteiger partial charge in [0.05, 0.1) is 29.6 Å². The van der Waals surface area contributed by atoms with E-state index in [-0.39, 0.29) is 24.0 Å². The summed E-state index contributed by atoms with van der Waals surface area (Å²) in [5.74, 6) is 0.905. The number of benzene rings is 2. The zero-order chi connectivity index (χ0) is 20.9. The first-order valence-corrected chi connectivity index (χ1v) is 10.9. The predicted octanol–water partition coefficient (Wildman–Crippen LogP) is 3.07. The van der Waals surface area contributed by atoms with Crippen molar-refractivity contribution in [2.45, 2.75) is 19.8 Å². The Kier molecular flexibility index (Phi) is 6.50. The number of para-hydroxylation sites is 2. The molecule has 0 amide bonds. The third kappa shape index (κ3) is 5.12. The zero-order valence-corrected chi connectivity index (χ0v) is 17.2. The van der Waals surface area contributed by atoms with Crippen LogP contribution in [0.2, 0.25) is 0 Å². The smallest absolute Gasteiger partial charge is 0.233 e. The Morgan fingerprint density at radius 3 is 2.38 bits per heavy atom. The minimum absolute atomic E-state index is 0.0795. The zero-order valence-electron chi connectivity index (χ0n) is 16.3. The molecular formula is C20H24N4O4S. The van der Waals surface area contributed by atoms with Gasteiger partial charge >= 0.3 is 0 Å². The number of hydrogen-bond donors (Lipinski definition) is 3. The molecule has 3 aromatic rings. The van der Waals surface area contributed by atoms with E-state index in [9.17, 15) is 8.42 Å². The van der Waals surface area contributed by atoms with Crippen LogP contribution in [0, 0.1) is 0 Å². The molecule has 8 nitrogen and oxygen atoms in total. The van der Waals surface area contributed by atoms with Crippen LogP contribution in [-0.4, -0.2) is 43.0 Å². The largest absolute Gasteiger partial charge is 0.495 e. The van der Waals surface area contributed by atoms with E-state index in [1.54, 1.807) is 26.2 Å². The lowest BCUT2D eigenvalue weighted by Gasteiger charge is -2.16. The molecule has 1 aromatic heterocycles. The van der Waals surface area contributed by atoms with Crippen LogP contribution < -0.4 is 14.8 Å². The van der Waals surface area contributed by atoms with E-state index in [1.165, 1.54) is 0 Å². The molecule has 0 saturated carbocycles. The molecule has 3 N–H and O–H groups in total. The topological polar surface area (TPSA) is 113 Å². The molecular weight excluding hydrogens is 392 g/mol. The number of anilines is 3. The van der Waals surface area contributed by atoms with Crippen molar-refractivity contribution >= 4 is 38.4 Å². The third-order valence-electron chi connectivity index (χ3n) is 4.35. The van der Waals surface area contributed by atoms with Crippen LogP contribution in [0.5, 0.6) is 5.75 Å². The highest BCUT2D eigenvalue weighted by atomic mass is 32.2. The van der Waals surface area contributed by atoms with Gasteiger partial charge in [0, 0.05) is 6.61 Å². The molecule has 0 spiro atoms. The Morgan fingerprint density at radius 1 is 1.07 bits per heavy atom. The summed E-state index contributed by atoms with van der Waals surface area (Å²) in [6.45, 7) is 1.67. The lowest BCUT2D eigenvalue weighted by atomic mass is 10.1. The van der Waals surface area contributed by atoms with Gasteiger partial charge < -0.3 is 15.2 Å². The van der Waals surface area contributed by atoms with E-state index < -0.39 is 10.0 Å². The second-order valence-corrected chi connectivity index (χ2v) is 8.41. The number of rotatable bonds is 9. The quantitative estimate of drug-likeness (QED) is 0.491. The highest BCUT2D eigenvalue weighted by molar-refractivity contribution is 7.92. The molecule has 0 atom stereocenters. The van der Waals surface area contributed by atoms with Gasteiger partial charge in [0.15, 0.2) is 11.6 Å². The summed E-state index contributed by atoms with van der Waals surface area (Å²) in [6.07, 6.45) is 1.39. The molecule has 0 aliphatic carbocycles. The number of methoxy groups -OCH3 is 1. The van der Waals surface area contributed by atoms with Gasteiger partial charge in [-0.15, -0.1) is 0 Å². The second-order valence-electron chi connectivity index (χ2n) is 6.40. The first-order chi connectivity index (χ1) is 14.0. The highest BCUT2D eigenvalue weighted by Gasteiger charge is 2.16. The number of nitrogens with one attached hydrogen (secondary N) is 2. The van der Waals surface area contributed by atoms with Crippen molar-refractivity contribution in [2.75, 3.05) is 29.5 Å². The Hall–Kier alpha value is -2.91. The van der Waals surface area contributed by atoms with Crippen molar-refractivity contribution in [3.05, 3.63) is 48.0 Å². The van der Waals surface area contributed by atoms with Gasteiger partial charge in [-0.05, 0) is 49.6 Å². The molecule has 9 heteroatoms. The standard InChI is InChI=1S/C20H24N4O4S/c1-3-29(26,27)24-20-19(21-15-8-4-5-9-16(15)22-20)23-17-11-10-14(7-6-12-25)13-18(17)28-2/h4-5,8-11,13,25H,3,6-7,12H2,1-2H3,(H,21,23)(H,22,24). The number of aromatic nitrogens is 2. The van der Waals surface area contributed by atoms with E-state index in [0.717, 1.165) is 12.0 Å². The Bertz CT molecular complexity index is 1100. The summed E-state index contributed by atoms with van der Waals surface area (Å²) in [5, 5.41) is 12.2. The molecule has 154 valence electrons. The fourth-order valence-corrected chi connectivity index (χ4v) is 3.36. The summed E-state index contributed by atoms with van der Waals surface area (Å²) in [6, 6.07) is 12.9. The molecule has 0 radical (unpaired) electrons. The van der Waals surface area contributed by atoms with Crippen LogP contribution in [0.15, 0.2) is 42.5 Å². The van der Waals surface area contributed by atoms with Crippen molar-refractivity contribution < 1.29 is 18.3 Å². The minimum atomic E-state index is -3.54. The van der Waals surface area contributed by atoms with Gasteiger partial charge in [0.1, 0.15) is 5.75 Å². The molecule has 0 unspecified atom stereocenters. The van der Waals surface area contributed by atoms with Crippen LogP contribution in [0.25, 0.3) is 11.0 Å². The molecule has 1 heterocycles. The van der Waals surface area contributed by atoms with Gasteiger partial charge in [-0.1, -0.05) is 18.2 Å². The van der Waals surface area contributed by atoms with E-state index in [1.807, 2.05) is 30.3 Å². The number of nitrogens with zero attached hydrogens (tertiary/aromatic N) is 2. The lowest BCUT2D eigenvalue weighted by Crippen LogP contribution is -2.17. The van der Waals surface area contributed by atoms with Crippen molar-refractivity contribution in [1.29, 1.82) is 0 Å². The van der Waals surface area contributed by atoms with E-state index in [2.05, 4.69) is 20.0 Å². The molecule has 0 bridgehead atoms.